The number of benzene rings is 2. The fraction of sp³-hybridized carbons (Fsp3) is 0.188. The van der Waals surface area contributed by atoms with Gasteiger partial charge in [0.1, 0.15) is 12.4 Å². The molecule has 0 unspecified atom stereocenters. The first-order valence-corrected chi connectivity index (χ1v) is 7.36. The summed E-state index contributed by atoms with van der Waals surface area (Å²) >= 11 is 3.24. The molecule has 0 aromatic heterocycles. The predicted molar refractivity (Wildman–Crippen MR) is 80.4 cm³/mol. The Balaban J connectivity index is 2.29. The average Bonchev–Trinajstić information content (AvgIpc) is 2.48. The molecule has 0 atom stereocenters. The van der Waals surface area contributed by atoms with Crippen LogP contribution in [-0.2, 0) is 6.61 Å². The summed E-state index contributed by atoms with van der Waals surface area (Å²) in [6.07, 6.45) is 0. The number of carboxylic acids is 1. The summed E-state index contributed by atoms with van der Waals surface area (Å²) in [7, 11) is 0. The number of rotatable bonds is 6. The van der Waals surface area contributed by atoms with Gasteiger partial charge < -0.3 is 19.4 Å². The number of carbonyl (C=O) groups is 1. The van der Waals surface area contributed by atoms with E-state index in [4.69, 9.17) is 9.47 Å². The molecular formula is C16H13BrFO4-. The number of halogens is 2. The molecule has 2 rings (SSSR count). The van der Waals surface area contributed by atoms with Crippen LogP contribution in [0.15, 0.2) is 40.9 Å². The second-order valence-electron chi connectivity index (χ2n) is 4.39. The van der Waals surface area contributed by atoms with Crippen molar-refractivity contribution >= 4 is 21.9 Å². The van der Waals surface area contributed by atoms with E-state index >= 15 is 0 Å². The summed E-state index contributed by atoms with van der Waals surface area (Å²) < 4.78 is 25.0. The van der Waals surface area contributed by atoms with Crippen LogP contribution in [0.3, 0.4) is 0 Å². The van der Waals surface area contributed by atoms with Crippen molar-refractivity contribution in [3.8, 4) is 11.5 Å². The van der Waals surface area contributed by atoms with Gasteiger partial charge in [0, 0.05) is 11.1 Å². The highest BCUT2D eigenvalue weighted by Crippen LogP contribution is 2.37. The van der Waals surface area contributed by atoms with Crippen LogP contribution in [0.25, 0.3) is 0 Å². The van der Waals surface area contributed by atoms with Crippen LogP contribution in [-0.4, -0.2) is 12.6 Å². The maximum Gasteiger partial charge on any atom is 0.175 e. The summed E-state index contributed by atoms with van der Waals surface area (Å²) in [6.45, 7) is 2.09. The van der Waals surface area contributed by atoms with Gasteiger partial charge >= 0.3 is 0 Å². The molecule has 0 aliphatic carbocycles. The minimum Gasteiger partial charge on any atom is -0.545 e. The van der Waals surface area contributed by atoms with Gasteiger partial charge in [-0.15, -0.1) is 0 Å². The third kappa shape index (κ3) is 3.76. The van der Waals surface area contributed by atoms with Gasteiger partial charge in [0.25, 0.3) is 0 Å². The molecular weight excluding hydrogens is 355 g/mol. The van der Waals surface area contributed by atoms with E-state index in [1.165, 1.54) is 18.2 Å². The van der Waals surface area contributed by atoms with Crippen molar-refractivity contribution in [2.75, 3.05) is 6.61 Å². The topological polar surface area (TPSA) is 58.6 Å². The molecule has 0 spiro atoms. The molecule has 0 N–H and O–H groups in total. The second-order valence-corrected chi connectivity index (χ2v) is 5.24. The van der Waals surface area contributed by atoms with E-state index in [0.717, 1.165) is 0 Å². The van der Waals surface area contributed by atoms with E-state index in [0.29, 0.717) is 22.4 Å². The number of ether oxygens (including phenoxy) is 2. The molecule has 22 heavy (non-hydrogen) atoms. The fourth-order valence-corrected chi connectivity index (χ4v) is 2.41. The number of hydrogen-bond donors (Lipinski definition) is 0. The SMILES string of the molecule is CCOc1cc(C(=O)[O-])cc(Br)c1OCc1ccccc1F. The minimum absolute atomic E-state index is 0.00395. The highest BCUT2D eigenvalue weighted by atomic mass is 79.9. The molecule has 2 aromatic carbocycles. The zero-order valence-corrected chi connectivity index (χ0v) is 13.4. The Morgan fingerprint density at radius 3 is 2.64 bits per heavy atom. The van der Waals surface area contributed by atoms with Crippen molar-refractivity contribution in [1.29, 1.82) is 0 Å². The van der Waals surface area contributed by atoms with E-state index < -0.39 is 5.97 Å². The zero-order valence-electron chi connectivity index (χ0n) is 11.8. The first kappa shape index (κ1) is 16.3. The average molecular weight is 368 g/mol. The maximum absolute atomic E-state index is 13.6. The number of hydrogen-bond acceptors (Lipinski definition) is 4. The molecule has 116 valence electrons. The number of carboxylic acid groups (broad SMARTS) is 1. The van der Waals surface area contributed by atoms with Gasteiger partial charge in [0.2, 0.25) is 0 Å². The Hall–Kier alpha value is -2.08. The molecule has 0 radical (unpaired) electrons. The summed E-state index contributed by atoms with van der Waals surface area (Å²) in [5, 5.41) is 11.0. The van der Waals surface area contributed by atoms with Crippen LogP contribution in [0.1, 0.15) is 22.8 Å². The standard InChI is InChI=1S/C16H14BrFO4/c1-2-21-14-8-11(16(19)20)7-12(17)15(14)22-9-10-5-3-4-6-13(10)18/h3-8H,2,9H2,1H3,(H,19,20)/p-1. The largest absolute Gasteiger partial charge is 0.545 e. The first-order chi connectivity index (χ1) is 10.5. The highest BCUT2D eigenvalue weighted by molar-refractivity contribution is 9.10. The van der Waals surface area contributed by atoms with Crippen LogP contribution in [0, 0.1) is 5.82 Å². The van der Waals surface area contributed by atoms with Crippen molar-refractivity contribution in [2.24, 2.45) is 0 Å². The molecule has 0 aliphatic heterocycles. The lowest BCUT2D eigenvalue weighted by Gasteiger charge is -2.16. The van der Waals surface area contributed by atoms with Gasteiger partial charge in [0.15, 0.2) is 11.5 Å². The lowest BCUT2D eigenvalue weighted by Crippen LogP contribution is -2.22. The summed E-state index contributed by atoms with van der Waals surface area (Å²) in [4.78, 5) is 11.0. The van der Waals surface area contributed by atoms with E-state index in [1.54, 1.807) is 25.1 Å². The summed E-state index contributed by atoms with van der Waals surface area (Å²) in [5.74, 6) is -1.12. The molecule has 0 saturated heterocycles. The lowest BCUT2D eigenvalue weighted by molar-refractivity contribution is -0.255. The van der Waals surface area contributed by atoms with Crippen molar-refractivity contribution in [2.45, 2.75) is 13.5 Å². The Kier molecular flexibility index (Phi) is 5.38. The third-order valence-electron chi connectivity index (χ3n) is 2.87. The monoisotopic (exact) mass is 367 g/mol. The van der Waals surface area contributed by atoms with Gasteiger partial charge in [-0.05, 0) is 41.1 Å². The maximum atomic E-state index is 13.6. The minimum atomic E-state index is -1.32. The quantitative estimate of drug-likeness (QED) is 0.787. The van der Waals surface area contributed by atoms with Crippen molar-refractivity contribution in [3.63, 3.8) is 0 Å². The number of aromatic carboxylic acids is 1. The number of carbonyl (C=O) groups excluding carboxylic acids is 1. The molecule has 0 heterocycles. The molecule has 2 aromatic rings. The Morgan fingerprint density at radius 1 is 1.27 bits per heavy atom. The van der Waals surface area contributed by atoms with Crippen LogP contribution in [0.4, 0.5) is 4.39 Å². The van der Waals surface area contributed by atoms with Gasteiger partial charge in [-0.25, -0.2) is 4.39 Å². The molecule has 0 saturated carbocycles. The van der Waals surface area contributed by atoms with Crippen molar-refractivity contribution in [1.82, 2.24) is 0 Å². The lowest BCUT2D eigenvalue weighted by atomic mass is 10.2. The van der Waals surface area contributed by atoms with Crippen LogP contribution >= 0.6 is 15.9 Å². The van der Waals surface area contributed by atoms with Gasteiger partial charge in [-0.3, -0.25) is 0 Å². The first-order valence-electron chi connectivity index (χ1n) is 6.56. The van der Waals surface area contributed by atoms with Gasteiger partial charge in [-0.1, -0.05) is 18.2 Å². The Morgan fingerprint density at radius 2 is 2.00 bits per heavy atom. The van der Waals surface area contributed by atoms with E-state index in [1.807, 2.05) is 0 Å². The van der Waals surface area contributed by atoms with Crippen molar-refractivity contribution in [3.05, 3.63) is 57.8 Å². The second kappa shape index (κ2) is 7.26. The smallest absolute Gasteiger partial charge is 0.175 e. The summed E-state index contributed by atoms with van der Waals surface area (Å²) in [5.41, 5.74) is 0.356. The van der Waals surface area contributed by atoms with Gasteiger partial charge in [0.05, 0.1) is 17.0 Å². The van der Waals surface area contributed by atoms with E-state index in [2.05, 4.69) is 15.9 Å². The third-order valence-corrected chi connectivity index (χ3v) is 3.46. The molecule has 0 aliphatic rings. The Bertz CT molecular complexity index is 688. The van der Waals surface area contributed by atoms with E-state index in [-0.39, 0.29) is 23.7 Å². The molecule has 6 heteroatoms. The fourth-order valence-electron chi connectivity index (χ4n) is 1.85. The van der Waals surface area contributed by atoms with Gasteiger partial charge in [-0.2, -0.15) is 0 Å². The molecule has 4 nitrogen and oxygen atoms in total. The molecule has 0 bridgehead atoms. The van der Waals surface area contributed by atoms with Crippen molar-refractivity contribution < 1.29 is 23.8 Å². The predicted octanol–water partition coefficient (Wildman–Crippen LogP) is 2.93. The van der Waals surface area contributed by atoms with Crippen LogP contribution in [0.5, 0.6) is 11.5 Å². The van der Waals surface area contributed by atoms with Crippen LogP contribution < -0.4 is 14.6 Å². The Labute approximate surface area is 135 Å². The zero-order chi connectivity index (χ0) is 16.1. The normalized spacial score (nSPS) is 10.3. The van der Waals surface area contributed by atoms with Crippen LogP contribution in [0.2, 0.25) is 0 Å². The summed E-state index contributed by atoms with van der Waals surface area (Å²) in [6, 6.07) is 8.93. The molecule has 0 fully saturated rings. The highest BCUT2D eigenvalue weighted by Gasteiger charge is 2.14. The molecule has 0 amide bonds. The van der Waals surface area contributed by atoms with E-state index in [9.17, 15) is 14.3 Å².